The Morgan fingerprint density at radius 2 is 1.69 bits per heavy atom. The van der Waals surface area contributed by atoms with Gasteiger partial charge in [0.05, 0.1) is 17.1 Å². The Balaban J connectivity index is 1.48. The predicted octanol–water partition coefficient (Wildman–Crippen LogP) is 2.54. The van der Waals surface area contributed by atoms with Crippen LogP contribution >= 0.6 is 11.6 Å². The monoisotopic (exact) mass is 547 g/mol. The number of amides is 4. The van der Waals surface area contributed by atoms with Crippen LogP contribution in [0.2, 0.25) is 5.02 Å². The zero-order valence-corrected chi connectivity index (χ0v) is 21.1. The molecule has 2 aliphatic rings. The molecular weight excluding hydrogens is 528 g/mol. The van der Waals surface area contributed by atoms with Crippen LogP contribution in [0.3, 0.4) is 0 Å². The van der Waals surface area contributed by atoms with Gasteiger partial charge in [-0.15, -0.1) is 0 Å². The minimum absolute atomic E-state index is 0.122. The van der Waals surface area contributed by atoms with Crippen molar-refractivity contribution in [1.29, 1.82) is 0 Å². The average Bonchev–Trinajstić information content (AvgIpc) is 3.22. The van der Waals surface area contributed by atoms with Crippen molar-refractivity contribution < 1.29 is 24.1 Å². The zero-order chi connectivity index (χ0) is 28.1. The minimum atomic E-state index is -1.10. The number of hydrogen-bond acceptors (Lipinski definition) is 9. The van der Waals surface area contributed by atoms with Crippen LogP contribution in [0.4, 0.5) is 5.69 Å². The molecule has 0 saturated heterocycles. The van der Waals surface area contributed by atoms with Gasteiger partial charge in [0.1, 0.15) is 6.42 Å². The summed E-state index contributed by atoms with van der Waals surface area (Å²) in [5, 5.41) is 30.5. The lowest BCUT2D eigenvalue weighted by molar-refractivity contribution is -0.377. The molecule has 1 aliphatic heterocycles. The van der Waals surface area contributed by atoms with E-state index in [-0.39, 0.29) is 22.7 Å². The zero-order valence-electron chi connectivity index (χ0n) is 20.4. The van der Waals surface area contributed by atoms with Crippen molar-refractivity contribution in [2.75, 3.05) is 4.90 Å². The van der Waals surface area contributed by atoms with Gasteiger partial charge in [0, 0.05) is 22.7 Å². The second kappa shape index (κ2) is 11.5. The van der Waals surface area contributed by atoms with Crippen LogP contribution in [0.5, 0.6) is 0 Å². The van der Waals surface area contributed by atoms with Crippen molar-refractivity contribution in [3.8, 4) is 0 Å². The summed E-state index contributed by atoms with van der Waals surface area (Å²) in [6.07, 6.45) is 4.45. The standard InChI is InChI=1S/C26H20ClN6O6/c1-16-24(29-28-19-9-13-21(14-10-19)33(38)39)26(37)32(30-16)23(35)15-22(34)31(20-11-7-18(27)8-12-20)25(36)17-5-3-2-4-6-17/h2-14,24,29H,15H2,1H3/q-1. The summed E-state index contributed by atoms with van der Waals surface area (Å²) in [5.41, 5.74) is 3.40. The number of imide groups is 2. The molecule has 13 heteroatoms. The van der Waals surface area contributed by atoms with Gasteiger partial charge in [-0.3, -0.25) is 24.6 Å². The Morgan fingerprint density at radius 3 is 2.31 bits per heavy atom. The van der Waals surface area contributed by atoms with Crippen molar-refractivity contribution in [2.24, 2.45) is 10.2 Å². The number of nitrogens with one attached hydrogen (secondary N) is 1. The number of halogens is 1. The Labute approximate surface area is 227 Å². The first-order chi connectivity index (χ1) is 18.7. The molecule has 39 heavy (non-hydrogen) atoms. The van der Waals surface area contributed by atoms with E-state index in [0.717, 1.165) is 4.90 Å². The lowest BCUT2D eigenvalue weighted by atomic mass is 10.1. The van der Waals surface area contributed by atoms with E-state index in [2.05, 4.69) is 15.6 Å². The second-order valence-corrected chi connectivity index (χ2v) is 8.72. The van der Waals surface area contributed by atoms with Crippen LogP contribution in [0.15, 0.2) is 89.1 Å². The van der Waals surface area contributed by atoms with Crippen molar-refractivity contribution in [3.05, 3.63) is 99.9 Å². The molecule has 0 spiro atoms. The summed E-state index contributed by atoms with van der Waals surface area (Å²) in [4.78, 5) is 52.6. The number of allylic oxidation sites excluding steroid dienone is 4. The van der Waals surface area contributed by atoms with Gasteiger partial charge in [0.25, 0.3) is 17.7 Å². The number of hydrogen-bond donors (Lipinski definition) is 1. The largest absolute Gasteiger partial charge is 0.612 e. The molecule has 0 radical (unpaired) electrons. The number of hydrazone groups is 2. The third kappa shape index (κ3) is 6.08. The molecule has 4 rings (SSSR count). The van der Waals surface area contributed by atoms with Crippen LogP contribution in [0, 0.1) is 10.4 Å². The average molecular weight is 548 g/mol. The van der Waals surface area contributed by atoms with E-state index in [9.17, 15) is 29.6 Å². The molecule has 2 aromatic carbocycles. The predicted molar refractivity (Wildman–Crippen MR) is 144 cm³/mol. The quantitative estimate of drug-likeness (QED) is 0.251. The molecule has 1 atom stereocenters. The maximum atomic E-state index is 13.2. The summed E-state index contributed by atoms with van der Waals surface area (Å²) in [6.45, 7) is 1.50. The number of carbonyl (C=O) groups is 4. The van der Waals surface area contributed by atoms with Gasteiger partial charge in [-0.2, -0.15) is 20.1 Å². The number of rotatable bonds is 6. The first-order valence-electron chi connectivity index (χ1n) is 11.5. The molecule has 1 unspecified atom stereocenters. The smallest absolute Gasteiger partial charge is 0.279 e. The lowest BCUT2D eigenvalue weighted by Crippen LogP contribution is -2.44. The van der Waals surface area contributed by atoms with Gasteiger partial charge >= 0.3 is 0 Å². The third-order valence-electron chi connectivity index (χ3n) is 5.61. The van der Waals surface area contributed by atoms with E-state index in [1.54, 1.807) is 18.2 Å². The molecule has 4 amide bonds. The Kier molecular flexibility index (Phi) is 7.96. The number of carbonyl (C=O) groups excluding carboxylic acids is 4. The fraction of sp³-hybridized carbons (Fsp3) is 0.115. The van der Waals surface area contributed by atoms with E-state index in [0.29, 0.717) is 15.7 Å². The molecule has 198 valence electrons. The number of nitrogens with zero attached hydrogens (tertiary/aromatic N) is 5. The van der Waals surface area contributed by atoms with Gasteiger partial charge in [-0.25, -0.2) is 4.90 Å². The van der Waals surface area contributed by atoms with Gasteiger partial charge in [0.2, 0.25) is 11.6 Å². The third-order valence-corrected chi connectivity index (χ3v) is 5.86. The van der Waals surface area contributed by atoms with E-state index in [4.69, 9.17) is 11.6 Å². The van der Waals surface area contributed by atoms with Crippen molar-refractivity contribution in [1.82, 2.24) is 10.4 Å². The van der Waals surface area contributed by atoms with Crippen LogP contribution < -0.4 is 10.3 Å². The van der Waals surface area contributed by atoms with Crippen LogP contribution in [-0.4, -0.2) is 56.7 Å². The van der Waals surface area contributed by atoms with Crippen molar-refractivity contribution in [2.45, 2.75) is 19.4 Å². The van der Waals surface area contributed by atoms with Gasteiger partial charge in [-0.1, -0.05) is 29.8 Å². The summed E-state index contributed by atoms with van der Waals surface area (Å²) < 4.78 is 0. The molecule has 2 aromatic rings. The summed E-state index contributed by atoms with van der Waals surface area (Å²) in [6, 6.07) is 12.9. The van der Waals surface area contributed by atoms with E-state index >= 15 is 0 Å². The van der Waals surface area contributed by atoms with Gasteiger partial charge in [-0.05, 0) is 55.5 Å². The molecule has 1 aliphatic carbocycles. The van der Waals surface area contributed by atoms with Gasteiger partial charge < -0.3 is 10.4 Å². The molecule has 0 bridgehead atoms. The SMILES string of the molecule is CC1=NN(C(=O)CC(=O)N(C(=O)c2ccccc2)c2ccc(Cl)cc2)C(=O)C1NN=C1C=CC(=[N+]([O-])[O-])C=C1. The van der Waals surface area contributed by atoms with E-state index < -0.39 is 41.0 Å². The van der Waals surface area contributed by atoms with Crippen molar-refractivity contribution >= 4 is 58.1 Å². The fourth-order valence-corrected chi connectivity index (χ4v) is 3.76. The van der Waals surface area contributed by atoms with E-state index in [1.165, 1.54) is 67.6 Å². The molecule has 12 nitrogen and oxygen atoms in total. The Bertz CT molecular complexity index is 1460. The summed E-state index contributed by atoms with van der Waals surface area (Å²) in [7, 11) is 0. The van der Waals surface area contributed by atoms with Gasteiger partial charge in [0.15, 0.2) is 6.04 Å². The molecule has 0 fully saturated rings. The maximum absolute atomic E-state index is 13.2. The van der Waals surface area contributed by atoms with Crippen LogP contribution in [0.25, 0.3) is 0 Å². The molecule has 0 saturated carbocycles. The summed E-state index contributed by atoms with van der Waals surface area (Å²) in [5.74, 6) is -3.25. The van der Waals surface area contributed by atoms with E-state index in [1.807, 2.05) is 0 Å². The number of anilines is 1. The first-order valence-corrected chi connectivity index (χ1v) is 11.8. The Morgan fingerprint density at radius 1 is 1.05 bits per heavy atom. The highest BCUT2D eigenvalue weighted by Crippen LogP contribution is 2.22. The fourth-order valence-electron chi connectivity index (χ4n) is 3.64. The number of benzene rings is 2. The molecule has 1 N–H and O–H groups in total. The first kappa shape index (κ1) is 26.9. The maximum Gasteiger partial charge on any atom is 0.279 e. The minimum Gasteiger partial charge on any atom is -0.612 e. The highest BCUT2D eigenvalue weighted by Gasteiger charge is 2.39. The molecule has 0 aromatic heterocycles. The highest BCUT2D eigenvalue weighted by molar-refractivity contribution is 6.31. The molecular formula is C26H20ClN6O6-. The highest BCUT2D eigenvalue weighted by atomic mass is 35.5. The van der Waals surface area contributed by atoms with Crippen molar-refractivity contribution in [3.63, 3.8) is 0 Å². The van der Waals surface area contributed by atoms with Crippen LogP contribution in [0.1, 0.15) is 23.7 Å². The molecule has 1 heterocycles. The van der Waals surface area contributed by atoms with Crippen LogP contribution in [-0.2, 0) is 14.4 Å². The Hall–Kier alpha value is -5.10. The normalized spacial score (nSPS) is 16.2. The topological polar surface area (TPSA) is 161 Å². The lowest BCUT2D eigenvalue weighted by Gasteiger charge is -2.22. The second-order valence-electron chi connectivity index (χ2n) is 8.29. The summed E-state index contributed by atoms with van der Waals surface area (Å²) >= 11 is 5.95.